The number of halogens is 1. The molecule has 2 rings (SSSR count). The minimum atomic E-state index is 0.257. The van der Waals surface area contributed by atoms with Crippen molar-refractivity contribution in [2.45, 2.75) is 33.7 Å². The van der Waals surface area contributed by atoms with Crippen LogP contribution in [-0.4, -0.2) is 6.54 Å². The average Bonchev–Trinajstić information content (AvgIpc) is 2.42. The van der Waals surface area contributed by atoms with Crippen molar-refractivity contribution in [3.63, 3.8) is 0 Å². The SMILES string of the molecule is CCNC(c1ccccc1C)c1cc(C)c(Br)cc1C. The Labute approximate surface area is 130 Å². The second kappa shape index (κ2) is 6.55. The van der Waals surface area contributed by atoms with Crippen LogP contribution in [-0.2, 0) is 0 Å². The van der Waals surface area contributed by atoms with Gasteiger partial charge < -0.3 is 5.32 Å². The largest absolute Gasteiger partial charge is 0.307 e. The minimum absolute atomic E-state index is 0.257. The Bertz CT molecular complexity index is 604. The molecular formula is C18H22BrN. The molecule has 0 amide bonds. The summed E-state index contributed by atoms with van der Waals surface area (Å²) in [6.07, 6.45) is 0. The summed E-state index contributed by atoms with van der Waals surface area (Å²) in [6.45, 7) is 9.62. The molecule has 0 spiro atoms. The highest BCUT2D eigenvalue weighted by Crippen LogP contribution is 2.30. The van der Waals surface area contributed by atoms with Crippen molar-refractivity contribution in [1.29, 1.82) is 0 Å². The summed E-state index contributed by atoms with van der Waals surface area (Å²) in [5.41, 5.74) is 6.65. The van der Waals surface area contributed by atoms with Gasteiger partial charge in [-0.05, 0) is 61.2 Å². The third kappa shape index (κ3) is 3.13. The van der Waals surface area contributed by atoms with E-state index < -0.39 is 0 Å². The molecule has 0 bridgehead atoms. The number of benzene rings is 2. The first-order chi connectivity index (χ1) is 9.54. The Morgan fingerprint density at radius 3 is 2.30 bits per heavy atom. The second-order valence-corrected chi connectivity index (χ2v) is 6.16. The van der Waals surface area contributed by atoms with Crippen LogP contribution < -0.4 is 5.32 Å². The lowest BCUT2D eigenvalue weighted by molar-refractivity contribution is 0.624. The van der Waals surface area contributed by atoms with Gasteiger partial charge in [-0.25, -0.2) is 0 Å². The molecule has 0 aliphatic rings. The molecule has 0 radical (unpaired) electrons. The fraction of sp³-hybridized carbons (Fsp3) is 0.333. The average molecular weight is 332 g/mol. The summed E-state index contributed by atoms with van der Waals surface area (Å²) in [7, 11) is 0. The summed E-state index contributed by atoms with van der Waals surface area (Å²) in [6, 6.07) is 13.4. The van der Waals surface area contributed by atoms with Gasteiger partial charge in [-0.1, -0.05) is 53.2 Å². The lowest BCUT2D eigenvalue weighted by Gasteiger charge is -2.23. The predicted octanol–water partition coefficient (Wildman–Crippen LogP) is 5.07. The highest BCUT2D eigenvalue weighted by molar-refractivity contribution is 9.10. The molecule has 0 aromatic heterocycles. The molecule has 0 saturated heterocycles. The van der Waals surface area contributed by atoms with Crippen molar-refractivity contribution >= 4 is 15.9 Å². The standard InChI is InChI=1S/C18H22BrN/c1-5-20-18(15-9-7-6-8-12(15)2)16-10-14(4)17(19)11-13(16)3/h6-11,18,20H,5H2,1-4H3. The van der Waals surface area contributed by atoms with E-state index in [1.807, 2.05) is 0 Å². The van der Waals surface area contributed by atoms with Crippen LogP contribution in [0, 0.1) is 20.8 Å². The Balaban J connectivity index is 2.54. The highest BCUT2D eigenvalue weighted by Gasteiger charge is 2.17. The van der Waals surface area contributed by atoms with Crippen LogP contribution in [0.2, 0.25) is 0 Å². The van der Waals surface area contributed by atoms with Crippen molar-refractivity contribution < 1.29 is 0 Å². The van der Waals surface area contributed by atoms with Crippen molar-refractivity contribution in [3.05, 3.63) is 68.7 Å². The quantitative estimate of drug-likeness (QED) is 0.824. The molecule has 1 nitrogen and oxygen atoms in total. The van der Waals surface area contributed by atoms with Gasteiger partial charge in [0.2, 0.25) is 0 Å². The molecule has 20 heavy (non-hydrogen) atoms. The third-order valence-corrected chi connectivity index (χ3v) is 4.62. The van der Waals surface area contributed by atoms with Gasteiger partial charge in [0.25, 0.3) is 0 Å². The van der Waals surface area contributed by atoms with Gasteiger partial charge in [-0.2, -0.15) is 0 Å². The Morgan fingerprint density at radius 2 is 1.65 bits per heavy atom. The molecule has 0 aliphatic heterocycles. The minimum Gasteiger partial charge on any atom is -0.307 e. The fourth-order valence-corrected chi connectivity index (χ4v) is 3.07. The normalized spacial score (nSPS) is 12.4. The van der Waals surface area contributed by atoms with Crippen molar-refractivity contribution in [2.24, 2.45) is 0 Å². The van der Waals surface area contributed by atoms with Crippen molar-refractivity contribution in [1.82, 2.24) is 5.32 Å². The van der Waals surface area contributed by atoms with Gasteiger partial charge in [-0.3, -0.25) is 0 Å². The molecule has 1 unspecified atom stereocenters. The van der Waals surface area contributed by atoms with Crippen LogP contribution >= 0.6 is 15.9 Å². The maximum absolute atomic E-state index is 3.63. The van der Waals surface area contributed by atoms with E-state index >= 15 is 0 Å². The van der Waals surface area contributed by atoms with Crippen LogP contribution in [0.1, 0.15) is 40.8 Å². The van der Waals surface area contributed by atoms with Crippen LogP contribution in [0.15, 0.2) is 40.9 Å². The maximum Gasteiger partial charge on any atom is 0.0581 e. The van der Waals surface area contributed by atoms with Gasteiger partial charge in [0.1, 0.15) is 0 Å². The van der Waals surface area contributed by atoms with E-state index in [1.165, 1.54) is 32.3 Å². The fourth-order valence-electron chi connectivity index (χ4n) is 2.62. The van der Waals surface area contributed by atoms with Crippen LogP contribution in [0.5, 0.6) is 0 Å². The van der Waals surface area contributed by atoms with E-state index in [1.54, 1.807) is 0 Å². The number of nitrogens with one attached hydrogen (secondary N) is 1. The lowest BCUT2D eigenvalue weighted by atomic mass is 9.91. The summed E-state index contributed by atoms with van der Waals surface area (Å²) in [5.74, 6) is 0. The van der Waals surface area contributed by atoms with Crippen LogP contribution in [0.3, 0.4) is 0 Å². The van der Waals surface area contributed by atoms with E-state index in [9.17, 15) is 0 Å². The molecular weight excluding hydrogens is 310 g/mol. The molecule has 0 aliphatic carbocycles. The van der Waals surface area contributed by atoms with Crippen molar-refractivity contribution in [2.75, 3.05) is 6.54 Å². The molecule has 2 aromatic carbocycles. The first-order valence-corrected chi connectivity index (χ1v) is 7.89. The Morgan fingerprint density at radius 1 is 0.950 bits per heavy atom. The van der Waals surface area contributed by atoms with Crippen molar-refractivity contribution in [3.8, 4) is 0 Å². The topological polar surface area (TPSA) is 12.0 Å². The maximum atomic E-state index is 3.63. The van der Waals surface area contributed by atoms with E-state index in [-0.39, 0.29) is 6.04 Å². The summed E-state index contributed by atoms with van der Waals surface area (Å²) < 4.78 is 1.18. The molecule has 2 aromatic rings. The lowest BCUT2D eigenvalue weighted by Crippen LogP contribution is -2.23. The summed E-state index contributed by atoms with van der Waals surface area (Å²) in [4.78, 5) is 0. The molecule has 106 valence electrons. The zero-order chi connectivity index (χ0) is 14.7. The smallest absolute Gasteiger partial charge is 0.0581 e. The zero-order valence-electron chi connectivity index (χ0n) is 12.6. The van der Waals surface area contributed by atoms with E-state index in [4.69, 9.17) is 0 Å². The Kier molecular flexibility index (Phi) is 5.00. The summed E-state index contributed by atoms with van der Waals surface area (Å²) in [5, 5.41) is 3.63. The van der Waals surface area contributed by atoms with Gasteiger partial charge in [0.05, 0.1) is 6.04 Å². The second-order valence-electron chi connectivity index (χ2n) is 5.31. The highest BCUT2D eigenvalue weighted by atomic mass is 79.9. The zero-order valence-corrected chi connectivity index (χ0v) is 14.2. The van der Waals surface area contributed by atoms with Crippen LogP contribution in [0.4, 0.5) is 0 Å². The van der Waals surface area contributed by atoms with Gasteiger partial charge in [0.15, 0.2) is 0 Å². The van der Waals surface area contributed by atoms with Gasteiger partial charge in [0, 0.05) is 4.47 Å². The number of rotatable bonds is 4. The van der Waals surface area contributed by atoms with Crippen LogP contribution in [0.25, 0.3) is 0 Å². The first-order valence-electron chi connectivity index (χ1n) is 7.10. The molecule has 1 atom stereocenters. The molecule has 0 fully saturated rings. The van der Waals surface area contributed by atoms with Gasteiger partial charge >= 0.3 is 0 Å². The summed E-state index contributed by atoms with van der Waals surface area (Å²) >= 11 is 3.62. The molecule has 1 N–H and O–H groups in total. The monoisotopic (exact) mass is 331 g/mol. The molecule has 0 saturated carbocycles. The predicted molar refractivity (Wildman–Crippen MR) is 90.3 cm³/mol. The number of hydrogen-bond acceptors (Lipinski definition) is 1. The van der Waals surface area contributed by atoms with Gasteiger partial charge in [-0.15, -0.1) is 0 Å². The number of aryl methyl sites for hydroxylation is 3. The van der Waals surface area contributed by atoms with E-state index in [2.05, 4.69) is 85.3 Å². The first kappa shape index (κ1) is 15.3. The molecule has 2 heteroatoms. The Hall–Kier alpha value is -1.12. The molecule has 0 heterocycles. The van der Waals surface area contributed by atoms with E-state index in [0.717, 1.165) is 6.54 Å². The third-order valence-electron chi connectivity index (χ3n) is 3.77. The van der Waals surface area contributed by atoms with E-state index in [0.29, 0.717) is 0 Å². The number of hydrogen-bond donors (Lipinski definition) is 1.